The summed E-state index contributed by atoms with van der Waals surface area (Å²) in [4.78, 5) is 0. The Morgan fingerprint density at radius 2 is 1.73 bits per heavy atom. The van der Waals surface area contributed by atoms with Crippen molar-refractivity contribution in [3.63, 3.8) is 0 Å². The zero-order valence-corrected chi connectivity index (χ0v) is 5.71. The van der Waals surface area contributed by atoms with Crippen molar-refractivity contribution < 1.29 is 25.2 Å². The highest BCUT2D eigenvalue weighted by Gasteiger charge is 2.43. The molecule has 1 saturated heterocycles. The first kappa shape index (κ1) is 8.48. The van der Waals surface area contributed by atoms with Crippen molar-refractivity contribution in [3.8, 4) is 0 Å². The molecule has 4 N–H and O–H groups in total. The van der Waals surface area contributed by atoms with Gasteiger partial charge in [0.25, 0.3) is 0 Å². The minimum absolute atomic E-state index is 0.409. The second-order valence-corrected chi connectivity index (χ2v) is 2.42. The van der Waals surface area contributed by atoms with Gasteiger partial charge in [-0.25, -0.2) is 0 Å². The van der Waals surface area contributed by atoms with Gasteiger partial charge in [0.15, 0.2) is 6.29 Å². The first-order valence-corrected chi connectivity index (χ1v) is 3.11. The molecule has 0 spiro atoms. The monoisotopic (exact) mass is 162 g/mol. The van der Waals surface area contributed by atoms with Crippen LogP contribution in [0.25, 0.3) is 0 Å². The molecule has 4 atom stereocenters. The molecule has 0 amide bonds. The summed E-state index contributed by atoms with van der Waals surface area (Å²) in [6.07, 6.45) is -5.26. The van der Waals surface area contributed by atoms with Crippen LogP contribution in [0.4, 0.5) is 0 Å². The molecule has 1 aliphatic rings. The van der Waals surface area contributed by atoms with Crippen molar-refractivity contribution in [1.29, 1.82) is 0 Å². The van der Waals surface area contributed by atoms with E-state index in [9.17, 15) is 0 Å². The summed E-state index contributed by atoms with van der Waals surface area (Å²) in [5.74, 6) is -0.409. The van der Waals surface area contributed by atoms with E-state index in [1.54, 1.807) is 0 Å². The van der Waals surface area contributed by atoms with Crippen molar-refractivity contribution in [2.24, 2.45) is 0 Å². The molecule has 1 unspecified atom stereocenters. The van der Waals surface area contributed by atoms with Crippen molar-refractivity contribution in [2.75, 3.05) is 0 Å². The molecule has 0 aromatic carbocycles. The van der Waals surface area contributed by atoms with Crippen LogP contribution in [0, 0.1) is 0 Å². The standard InChI is InChI=1S/C6H10O5/c1-2(7)5-3(8)4(9)6(10)11-5/h3-10H,1H2/t3-,4+,5+,6?/m0/s1. The van der Waals surface area contributed by atoms with E-state index in [-0.39, 0.29) is 0 Å². The van der Waals surface area contributed by atoms with E-state index < -0.39 is 30.4 Å². The van der Waals surface area contributed by atoms with E-state index in [1.165, 1.54) is 0 Å². The molecule has 1 rings (SSSR count). The molecule has 5 heteroatoms. The molecule has 1 fully saturated rings. The number of hydrogen-bond acceptors (Lipinski definition) is 5. The molecule has 0 radical (unpaired) electrons. The summed E-state index contributed by atoms with van der Waals surface area (Å²) in [5.41, 5.74) is 0. The summed E-state index contributed by atoms with van der Waals surface area (Å²) >= 11 is 0. The summed E-state index contributed by atoms with van der Waals surface area (Å²) in [5, 5.41) is 35.5. The van der Waals surface area contributed by atoms with Crippen molar-refractivity contribution in [1.82, 2.24) is 0 Å². The first-order chi connectivity index (χ1) is 5.04. The first-order valence-electron chi connectivity index (χ1n) is 3.11. The second kappa shape index (κ2) is 2.78. The van der Waals surface area contributed by atoms with Gasteiger partial charge in [-0.2, -0.15) is 0 Å². The van der Waals surface area contributed by atoms with Gasteiger partial charge >= 0.3 is 0 Å². The summed E-state index contributed by atoms with van der Waals surface area (Å²) < 4.78 is 4.55. The van der Waals surface area contributed by atoms with Gasteiger partial charge in [-0.15, -0.1) is 0 Å². The van der Waals surface area contributed by atoms with Crippen molar-refractivity contribution in [2.45, 2.75) is 24.6 Å². The lowest BCUT2D eigenvalue weighted by atomic mass is 10.1. The highest BCUT2D eigenvalue weighted by molar-refractivity contribution is 5.01. The van der Waals surface area contributed by atoms with Gasteiger partial charge in [-0.1, -0.05) is 6.58 Å². The van der Waals surface area contributed by atoms with Gasteiger partial charge in [-0.05, 0) is 0 Å². The second-order valence-electron chi connectivity index (χ2n) is 2.42. The number of aliphatic hydroxyl groups excluding tert-OH is 4. The summed E-state index contributed by atoms with van der Waals surface area (Å²) in [6.45, 7) is 3.10. The van der Waals surface area contributed by atoms with Crippen LogP contribution in [0.15, 0.2) is 12.3 Å². The van der Waals surface area contributed by atoms with Gasteiger partial charge in [0, 0.05) is 0 Å². The Bertz CT molecular complexity index is 168. The zero-order valence-electron chi connectivity index (χ0n) is 5.71. The Labute approximate surface area is 63.2 Å². The third-order valence-corrected chi connectivity index (χ3v) is 1.57. The van der Waals surface area contributed by atoms with E-state index in [1.807, 2.05) is 0 Å². The average molecular weight is 162 g/mol. The van der Waals surface area contributed by atoms with E-state index in [2.05, 4.69) is 11.3 Å². The van der Waals surface area contributed by atoms with Crippen LogP contribution >= 0.6 is 0 Å². The predicted molar refractivity (Wildman–Crippen MR) is 34.7 cm³/mol. The van der Waals surface area contributed by atoms with E-state index in [0.717, 1.165) is 0 Å². The average Bonchev–Trinajstić information content (AvgIpc) is 2.17. The van der Waals surface area contributed by atoms with Crippen molar-refractivity contribution >= 4 is 0 Å². The van der Waals surface area contributed by atoms with Crippen LogP contribution in [0.5, 0.6) is 0 Å². The molecule has 1 aliphatic heterocycles. The Morgan fingerprint density at radius 3 is 1.91 bits per heavy atom. The maximum Gasteiger partial charge on any atom is 0.184 e. The smallest absolute Gasteiger partial charge is 0.184 e. The lowest BCUT2D eigenvalue weighted by molar-refractivity contribution is -0.125. The van der Waals surface area contributed by atoms with Gasteiger partial charge < -0.3 is 25.2 Å². The Hall–Kier alpha value is -0.620. The van der Waals surface area contributed by atoms with Gasteiger partial charge in [0.05, 0.1) is 0 Å². The van der Waals surface area contributed by atoms with Gasteiger partial charge in [-0.3, -0.25) is 0 Å². The topological polar surface area (TPSA) is 90.2 Å². The molecule has 0 aromatic rings. The largest absolute Gasteiger partial charge is 0.510 e. The fourth-order valence-corrected chi connectivity index (χ4v) is 0.935. The SMILES string of the molecule is C=C(O)[C@H]1OC(O)[C@H](O)[C@@H]1O. The zero-order chi connectivity index (χ0) is 8.59. The molecule has 64 valence electrons. The van der Waals surface area contributed by atoms with Crippen LogP contribution in [0.3, 0.4) is 0 Å². The number of hydrogen-bond donors (Lipinski definition) is 4. The van der Waals surface area contributed by atoms with Crippen LogP contribution in [-0.4, -0.2) is 45.0 Å². The minimum Gasteiger partial charge on any atom is -0.510 e. The third kappa shape index (κ3) is 1.36. The third-order valence-electron chi connectivity index (χ3n) is 1.57. The number of ether oxygens (including phenoxy) is 1. The fraction of sp³-hybridized carbons (Fsp3) is 0.667. The highest BCUT2D eigenvalue weighted by atomic mass is 16.6. The number of aliphatic hydroxyl groups is 4. The minimum atomic E-state index is -1.46. The Kier molecular flexibility index (Phi) is 2.15. The van der Waals surface area contributed by atoms with Gasteiger partial charge in [0.1, 0.15) is 24.1 Å². The predicted octanol–water partition coefficient (Wildman–Crippen LogP) is -1.50. The normalized spacial score (nSPS) is 44.3. The molecular formula is C6H10O5. The van der Waals surface area contributed by atoms with Crippen LogP contribution in [0.1, 0.15) is 0 Å². The highest BCUT2D eigenvalue weighted by Crippen LogP contribution is 2.22. The molecule has 0 aromatic heterocycles. The molecule has 5 nitrogen and oxygen atoms in total. The maximum atomic E-state index is 9.04. The maximum absolute atomic E-state index is 9.04. The van der Waals surface area contributed by atoms with E-state index >= 15 is 0 Å². The Balaban J connectivity index is 2.67. The van der Waals surface area contributed by atoms with E-state index in [4.69, 9.17) is 20.4 Å². The van der Waals surface area contributed by atoms with Crippen LogP contribution in [0.2, 0.25) is 0 Å². The molecule has 0 saturated carbocycles. The quantitative estimate of drug-likeness (QED) is 0.352. The van der Waals surface area contributed by atoms with E-state index in [0.29, 0.717) is 0 Å². The molecule has 0 aliphatic carbocycles. The summed E-state index contributed by atoms with van der Waals surface area (Å²) in [6, 6.07) is 0. The fourth-order valence-electron chi connectivity index (χ4n) is 0.935. The number of rotatable bonds is 1. The van der Waals surface area contributed by atoms with Crippen LogP contribution in [-0.2, 0) is 4.74 Å². The van der Waals surface area contributed by atoms with Crippen molar-refractivity contribution in [3.05, 3.63) is 12.3 Å². The lowest BCUT2D eigenvalue weighted by Gasteiger charge is -2.11. The lowest BCUT2D eigenvalue weighted by Crippen LogP contribution is -2.32. The van der Waals surface area contributed by atoms with Crippen LogP contribution < -0.4 is 0 Å². The molecule has 11 heavy (non-hydrogen) atoms. The van der Waals surface area contributed by atoms with Gasteiger partial charge in [0.2, 0.25) is 0 Å². The molecular weight excluding hydrogens is 152 g/mol. The molecule has 1 heterocycles. The Morgan fingerprint density at radius 1 is 1.18 bits per heavy atom. The molecule has 0 bridgehead atoms. The summed E-state index contributed by atoms with van der Waals surface area (Å²) in [7, 11) is 0.